The van der Waals surface area contributed by atoms with Crippen molar-refractivity contribution >= 4 is 0 Å². The van der Waals surface area contributed by atoms with Crippen LogP contribution >= 0.6 is 0 Å². The Labute approximate surface area is 92.5 Å². The van der Waals surface area contributed by atoms with Gasteiger partial charge in [-0.05, 0) is 39.2 Å². The van der Waals surface area contributed by atoms with Gasteiger partial charge in [-0.25, -0.2) is 0 Å². The lowest BCUT2D eigenvalue weighted by molar-refractivity contribution is 0.0434. The van der Waals surface area contributed by atoms with Crippen molar-refractivity contribution < 1.29 is 9.47 Å². The molecule has 0 radical (unpaired) electrons. The summed E-state index contributed by atoms with van der Waals surface area (Å²) < 4.78 is 11.1. The lowest BCUT2D eigenvalue weighted by Crippen LogP contribution is -2.43. The van der Waals surface area contributed by atoms with E-state index in [1.807, 2.05) is 0 Å². The summed E-state index contributed by atoms with van der Waals surface area (Å²) in [5, 5.41) is 3.50. The first kappa shape index (κ1) is 11.4. The van der Waals surface area contributed by atoms with Crippen LogP contribution in [0.3, 0.4) is 0 Å². The summed E-state index contributed by atoms with van der Waals surface area (Å²) in [6, 6.07) is 0.624. The number of ether oxygens (including phenoxy) is 2. The molecule has 0 aromatic carbocycles. The summed E-state index contributed by atoms with van der Waals surface area (Å²) in [6.45, 7) is 4.98. The number of hydrogen-bond acceptors (Lipinski definition) is 3. The van der Waals surface area contributed by atoms with Crippen molar-refractivity contribution in [3.63, 3.8) is 0 Å². The lowest BCUT2D eigenvalue weighted by atomic mass is 9.82. The summed E-state index contributed by atoms with van der Waals surface area (Å²) in [6.07, 6.45) is 4.07. The van der Waals surface area contributed by atoms with Gasteiger partial charge in [0.25, 0.3) is 0 Å². The monoisotopic (exact) mass is 213 g/mol. The molecular weight excluding hydrogens is 190 g/mol. The molecule has 3 nitrogen and oxygen atoms in total. The first-order valence-corrected chi connectivity index (χ1v) is 6.18. The molecule has 0 aromatic rings. The zero-order chi connectivity index (χ0) is 10.7. The Hall–Kier alpha value is -0.120. The fraction of sp³-hybridized carbons (Fsp3) is 1.00. The Kier molecular flexibility index (Phi) is 4.00. The Morgan fingerprint density at radius 2 is 1.93 bits per heavy atom. The van der Waals surface area contributed by atoms with Gasteiger partial charge in [0.05, 0.1) is 12.7 Å². The van der Waals surface area contributed by atoms with Crippen LogP contribution in [0.15, 0.2) is 0 Å². The second kappa shape index (κ2) is 5.28. The predicted molar refractivity (Wildman–Crippen MR) is 59.9 cm³/mol. The molecule has 0 spiro atoms. The molecule has 2 rings (SSSR count). The van der Waals surface area contributed by atoms with E-state index in [0.29, 0.717) is 18.1 Å². The molecule has 88 valence electrons. The highest BCUT2D eigenvalue weighted by molar-refractivity contribution is 4.87. The molecule has 0 aliphatic carbocycles. The summed E-state index contributed by atoms with van der Waals surface area (Å²) >= 11 is 0. The molecule has 0 aromatic heterocycles. The van der Waals surface area contributed by atoms with Crippen LogP contribution in [0.1, 0.15) is 26.2 Å². The third-order valence-electron chi connectivity index (χ3n) is 3.84. The molecule has 0 amide bonds. The van der Waals surface area contributed by atoms with Crippen molar-refractivity contribution in [1.82, 2.24) is 5.32 Å². The van der Waals surface area contributed by atoms with Gasteiger partial charge in [0.15, 0.2) is 0 Å². The molecule has 0 bridgehead atoms. The number of hydrogen-bond donors (Lipinski definition) is 1. The zero-order valence-electron chi connectivity index (χ0n) is 9.87. The van der Waals surface area contributed by atoms with E-state index >= 15 is 0 Å². The van der Waals surface area contributed by atoms with Crippen LogP contribution in [0.5, 0.6) is 0 Å². The number of nitrogens with one attached hydrogen (secondary N) is 1. The van der Waals surface area contributed by atoms with Crippen LogP contribution < -0.4 is 5.32 Å². The first-order chi connectivity index (χ1) is 7.31. The van der Waals surface area contributed by atoms with Gasteiger partial charge in [0.2, 0.25) is 0 Å². The van der Waals surface area contributed by atoms with Crippen LogP contribution in [0, 0.1) is 11.8 Å². The van der Waals surface area contributed by atoms with Gasteiger partial charge in [-0.15, -0.1) is 0 Å². The Bertz CT molecular complexity index is 187. The van der Waals surface area contributed by atoms with E-state index in [9.17, 15) is 0 Å². The van der Waals surface area contributed by atoms with Crippen molar-refractivity contribution in [3.05, 3.63) is 0 Å². The fourth-order valence-electron chi connectivity index (χ4n) is 3.03. The van der Waals surface area contributed by atoms with Gasteiger partial charge >= 0.3 is 0 Å². The van der Waals surface area contributed by atoms with E-state index in [0.717, 1.165) is 25.7 Å². The average molecular weight is 213 g/mol. The Morgan fingerprint density at radius 3 is 2.47 bits per heavy atom. The lowest BCUT2D eigenvalue weighted by Gasteiger charge is -2.33. The van der Waals surface area contributed by atoms with Crippen LogP contribution in [-0.2, 0) is 9.47 Å². The quantitative estimate of drug-likeness (QED) is 0.769. The van der Waals surface area contributed by atoms with Gasteiger partial charge in [0, 0.05) is 25.2 Å². The zero-order valence-corrected chi connectivity index (χ0v) is 9.87. The van der Waals surface area contributed by atoms with Gasteiger partial charge in [-0.3, -0.25) is 0 Å². The minimum Gasteiger partial charge on any atom is -0.381 e. The van der Waals surface area contributed by atoms with E-state index in [2.05, 4.69) is 19.3 Å². The Balaban J connectivity index is 1.90. The molecule has 3 atom stereocenters. The minimum atomic E-state index is 0.450. The maximum absolute atomic E-state index is 5.67. The largest absolute Gasteiger partial charge is 0.381 e. The van der Waals surface area contributed by atoms with E-state index in [-0.39, 0.29) is 0 Å². The van der Waals surface area contributed by atoms with Crippen molar-refractivity contribution in [1.29, 1.82) is 0 Å². The third-order valence-corrected chi connectivity index (χ3v) is 3.84. The van der Waals surface area contributed by atoms with Gasteiger partial charge in [0.1, 0.15) is 0 Å². The van der Waals surface area contributed by atoms with Gasteiger partial charge in [-0.1, -0.05) is 0 Å². The Morgan fingerprint density at radius 1 is 1.20 bits per heavy atom. The van der Waals surface area contributed by atoms with Crippen LogP contribution in [0.25, 0.3) is 0 Å². The van der Waals surface area contributed by atoms with Crippen molar-refractivity contribution in [2.24, 2.45) is 11.8 Å². The molecule has 0 saturated carbocycles. The minimum absolute atomic E-state index is 0.450. The molecule has 2 fully saturated rings. The molecule has 3 heteroatoms. The highest BCUT2D eigenvalue weighted by Gasteiger charge is 2.34. The standard InChI is InChI=1S/C12H23NO2/c1-9-7-11(8-15-9)12(13-2)10-3-5-14-6-4-10/h9-13H,3-8H2,1-2H3. The maximum Gasteiger partial charge on any atom is 0.0551 e. The second-order valence-electron chi connectivity index (χ2n) is 4.90. The van der Waals surface area contributed by atoms with Crippen molar-refractivity contribution in [3.8, 4) is 0 Å². The van der Waals surface area contributed by atoms with Crippen molar-refractivity contribution in [2.75, 3.05) is 26.9 Å². The molecule has 2 aliphatic rings. The molecule has 15 heavy (non-hydrogen) atoms. The molecule has 2 saturated heterocycles. The summed E-state index contributed by atoms with van der Waals surface area (Å²) in [7, 11) is 2.09. The van der Waals surface area contributed by atoms with E-state index < -0.39 is 0 Å². The molecule has 2 aliphatic heterocycles. The fourth-order valence-corrected chi connectivity index (χ4v) is 3.03. The summed E-state index contributed by atoms with van der Waals surface area (Å²) in [4.78, 5) is 0. The summed E-state index contributed by atoms with van der Waals surface area (Å²) in [5.41, 5.74) is 0. The summed E-state index contributed by atoms with van der Waals surface area (Å²) in [5.74, 6) is 1.48. The smallest absolute Gasteiger partial charge is 0.0551 e. The first-order valence-electron chi connectivity index (χ1n) is 6.18. The molecule has 3 unspecified atom stereocenters. The van der Waals surface area contributed by atoms with Crippen LogP contribution in [0.2, 0.25) is 0 Å². The van der Waals surface area contributed by atoms with Gasteiger partial charge < -0.3 is 14.8 Å². The highest BCUT2D eigenvalue weighted by Crippen LogP contribution is 2.30. The SMILES string of the molecule is CNC(C1CCOCC1)C1COC(C)C1. The third kappa shape index (κ3) is 2.71. The van der Waals surface area contributed by atoms with E-state index in [1.54, 1.807) is 0 Å². The van der Waals surface area contributed by atoms with E-state index in [4.69, 9.17) is 9.47 Å². The van der Waals surface area contributed by atoms with Crippen molar-refractivity contribution in [2.45, 2.75) is 38.3 Å². The number of rotatable bonds is 3. The van der Waals surface area contributed by atoms with Crippen LogP contribution in [-0.4, -0.2) is 39.0 Å². The molecule has 1 N–H and O–H groups in total. The highest BCUT2D eigenvalue weighted by atomic mass is 16.5. The molecular formula is C12H23NO2. The normalized spacial score (nSPS) is 35.6. The maximum atomic E-state index is 5.67. The predicted octanol–water partition coefficient (Wildman–Crippen LogP) is 1.43. The van der Waals surface area contributed by atoms with Gasteiger partial charge in [-0.2, -0.15) is 0 Å². The molecule has 2 heterocycles. The topological polar surface area (TPSA) is 30.5 Å². The average Bonchev–Trinajstić information content (AvgIpc) is 2.68. The second-order valence-corrected chi connectivity index (χ2v) is 4.90. The van der Waals surface area contributed by atoms with Crippen LogP contribution in [0.4, 0.5) is 0 Å². The van der Waals surface area contributed by atoms with E-state index in [1.165, 1.54) is 19.3 Å².